The fourth-order valence-corrected chi connectivity index (χ4v) is 2.79. The fourth-order valence-electron chi connectivity index (χ4n) is 2.79. The van der Waals surface area contributed by atoms with Crippen LogP contribution in [0.4, 0.5) is 0 Å². The molecule has 2 amide bonds. The maximum absolute atomic E-state index is 12.0. The molecule has 0 bridgehead atoms. The predicted molar refractivity (Wildman–Crippen MR) is 89.4 cm³/mol. The van der Waals surface area contributed by atoms with Gasteiger partial charge in [-0.2, -0.15) is 0 Å². The molecule has 1 fully saturated rings. The van der Waals surface area contributed by atoms with Crippen LogP contribution in [0.25, 0.3) is 11.0 Å². The standard InChI is InChI=1S/C16H19BN2O6/c20-15(18-11-5-6-24-9-11)16(21)19-14(17(22)23)7-10-8-25-13-4-2-1-3-12(10)13/h1-4,8,11,14,22-23H,5-7,9H2,(H,18,20)(H,19,21)/t11?,14-/m0/s1. The summed E-state index contributed by atoms with van der Waals surface area (Å²) in [5.74, 6) is -2.78. The van der Waals surface area contributed by atoms with E-state index in [4.69, 9.17) is 9.15 Å². The lowest BCUT2D eigenvalue weighted by atomic mass is 9.76. The fraction of sp³-hybridized carbons (Fsp3) is 0.375. The highest BCUT2D eigenvalue weighted by Gasteiger charge is 2.30. The molecule has 2 heterocycles. The Labute approximate surface area is 144 Å². The van der Waals surface area contributed by atoms with Crippen LogP contribution in [-0.2, 0) is 20.7 Å². The van der Waals surface area contributed by atoms with Crippen LogP contribution < -0.4 is 10.6 Å². The summed E-state index contributed by atoms with van der Waals surface area (Å²) in [5.41, 5.74) is 1.37. The maximum atomic E-state index is 12.0. The molecule has 1 aromatic heterocycles. The molecule has 2 atom stereocenters. The number of ether oxygens (including phenoxy) is 1. The summed E-state index contributed by atoms with van der Waals surface area (Å²) in [5, 5.41) is 24.8. The number of hydrogen-bond donors (Lipinski definition) is 4. The first-order valence-corrected chi connectivity index (χ1v) is 8.05. The molecule has 9 heteroatoms. The van der Waals surface area contributed by atoms with Gasteiger partial charge in [0, 0.05) is 12.0 Å². The van der Waals surface area contributed by atoms with Crippen molar-refractivity contribution in [1.29, 1.82) is 0 Å². The molecule has 0 aliphatic carbocycles. The number of fused-ring (bicyclic) bond motifs is 1. The monoisotopic (exact) mass is 346 g/mol. The van der Waals surface area contributed by atoms with Crippen molar-refractivity contribution < 1.29 is 28.8 Å². The van der Waals surface area contributed by atoms with Crippen molar-refractivity contribution in [3.63, 3.8) is 0 Å². The van der Waals surface area contributed by atoms with Crippen molar-refractivity contribution >= 4 is 29.9 Å². The number of amides is 2. The van der Waals surface area contributed by atoms with E-state index in [0.29, 0.717) is 30.8 Å². The van der Waals surface area contributed by atoms with Crippen molar-refractivity contribution in [3.05, 3.63) is 36.1 Å². The Balaban J connectivity index is 1.64. The second kappa shape index (κ2) is 7.69. The Morgan fingerprint density at radius 3 is 2.80 bits per heavy atom. The lowest BCUT2D eigenvalue weighted by molar-refractivity contribution is -0.139. The van der Waals surface area contributed by atoms with E-state index in [1.165, 1.54) is 6.26 Å². The van der Waals surface area contributed by atoms with Crippen LogP contribution in [-0.4, -0.2) is 54.2 Å². The third-order valence-corrected chi connectivity index (χ3v) is 4.15. The topological polar surface area (TPSA) is 121 Å². The van der Waals surface area contributed by atoms with Crippen molar-refractivity contribution in [1.82, 2.24) is 10.6 Å². The third-order valence-electron chi connectivity index (χ3n) is 4.15. The lowest BCUT2D eigenvalue weighted by Gasteiger charge is -2.18. The largest absolute Gasteiger partial charge is 0.475 e. The number of furan rings is 1. The first kappa shape index (κ1) is 17.5. The zero-order chi connectivity index (χ0) is 17.8. The summed E-state index contributed by atoms with van der Waals surface area (Å²) in [6.07, 6.45) is 2.26. The van der Waals surface area contributed by atoms with Gasteiger partial charge in [-0.3, -0.25) is 9.59 Å². The number of hydrogen-bond acceptors (Lipinski definition) is 6. The second-order valence-electron chi connectivity index (χ2n) is 5.99. The predicted octanol–water partition coefficient (Wildman–Crippen LogP) is -0.623. The van der Waals surface area contributed by atoms with Crippen LogP contribution in [0.2, 0.25) is 0 Å². The summed E-state index contributed by atoms with van der Waals surface area (Å²) in [6.45, 7) is 0.907. The van der Waals surface area contributed by atoms with Crippen molar-refractivity contribution in [2.45, 2.75) is 24.8 Å². The molecule has 25 heavy (non-hydrogen) atoms. The smallest absolute Gasteiger partial charge is 0.464 e. The zero-order valence-corrected chi connectivity index (χ0v) is 13.5. The molecule has 0 spiro atoms. The molecule has 3 rings (SSSR count). The van der Waals surface area contributed by atoms with Gasteiger partial charge in [0.2, 0.25) is 0 Å². The zero-order valence-electron chi connectivity index (χ0n) is 13.5. The van der Waals surface area contributed by atoms with E-state index in [1.807, 2.05) is 18.2 Å². The van der Waals surface area contributed by atoms with Gasteiger partial charge in [-0.1, -0.05) is 18.2 Å². The maximum Gasteiger partial charge on any atom is 0.475 e. The van der Waals surface area contributed by atoms with E-state index in [0.717, 1.165) is 5.39 Å². The van der Waals surface area contributed by atoms with Gasteiger partial charge in [0.05, 0.1) is 24.9 Å². The van der Waals surface area contributed by atoms with E-state index >= 15 is 0 Å². The van der Waals surface area contributed by atoms with E-state index in [9.17, 15) is 19.6 Å². The molecule has 0 saturated carbocycles. The summed E-state index contributed by atoms with van der Waals surface area (Å²) >= 11 is 0. The average molecular weight is 346 g/mol. The van der Waals surface area contributed by atoms with Crippen molar-refractivity contribution in [3.8, 4) is 0 Å². The Bertz CT molecular complexity index is 756. The number of rotatable bonds is 5. The van der Waals surface area contributed by atoms with E-state index in [2.05, 4.69) is 10.6 Å². The molecule has 1 aliphatic heterocycles. The quantitative estimate of drug-likeness (QED) is 0.423. The highest BCUT2D eigenvalue weighted by Crippen LogP contribution is 2.22. The van der Waals surface area contributed by atoms with Gasteiger partial charge in [-0.15, -0.1) is 0 Å². The van der Waals surface area contributed by atoms with Gasteiger partial charge < -0.3 is 29.8 Å². The Morgan fingerprint density at radius 2 is 2.08 bits per heavy atom. The highest BCUT2D eigenvalue weighted by molar-refractivity contribution is 6.45. The van der Waals surface area contributed by atoms with E-state index < -0.39 is 24.9 Å². The Kier molecular flexibility index (Phi) is 5.37. The molecular weight excluding hydrogens is 327 g/mol. The summed E-state index contributed by atoms with van der Waals surface area (Å²) in [4.78, 5) is 23.9. The molecule has 132 valence electrons. The second-order valence-corrected chi connectivity index (χ2v) is 5.99. The van der Waals surface area contributed by atoms with Crippen LogP contribution in [0.1, 0.15) is 12.0 Å². The highest BCUT2D eigenvalue weighted by atomic mass is 16.5. The average Bonchev–Trinajstić information content (AvgIpc) is 3.24. The number of nitrogens with one attached hydrogen (secondary N) is 2. The summed E-state index contributed by atoms with van der Waals surface area (Å²) in [7, 11) is -1.82. The van der Waals surface area contributed by atoms with Crippen LogP contribution in [0.3, 0.4) is 0 Å². The van der Waals surface area contributed by atoms with Crippen LogP contribution in [0, 0.1) is 0 Å². The summed E-state index contributed by atoms with van der Waals surface area (Å²) in [6, 6.07) is 7.09. The van der Waals surface area contributed by atoms with E-state index in [1.54, 1.807) is 6.07 Å². The minimum Gasteiger partial charge on any atom is -0.464 e. The minimum absolute atomic E-state index is 0.111. The van der Waals surface area contributed by atoms with Crippen LogP contribution in [0.15, 0.2) is 34.9 Å². The number of benzene rings is 1. The van der Waals surface area contributed by atoms with Gasteiger partial charge in [0.1, 0.15) is 5.58 Å². The number of carbonyl (C=O) groups is 2. The van der Waals surface area contributed by atoms with Crippen LogP contribution in [0.5, 0.6) is 0 Å². The lowest BCUT2D eigenvalue weighted by Crippen LogP contribution is -2.53. The van der Waals surface area contributed by atoms with Gasteiger partial charge in [0.15, 0.2) is 0 Å². The van der Waals surface area contributed by atoms with Gasteiger partial charge in [-0.05, 0) is 24.5 Å². The van der Waals surface area contributed by atoms with Gasteiger partial charge in [-0.25, -0.2) is 0 Å². The number of para-hydroxylation sites is 1. The molecule has 2 aromatic rings. The van der Waals surface area contributed by atoms with Gasteiger partial charge >= 0.3 is 18.9 Å². The first-order valence-electron chi connectivity index (χ1n) is 8.05. The number of carbonyl (C=O) groups excluding carboxylic acids is 2. The van der Waals surface area contributed by atoms with Crippen molar-refractivity contribution in [2.75, 3.05) is 13.2 Å². The SMILES string of the molecule is O=C(NC1CCOC1)C(=O)N[C@@H](Cc1coc2ccccc12)B(O)O. The molecule has 1 aliphatic rings. The molecule has 1 saturated heterocycles. The summed E-state index contributed by atoms with van der Waals surface area (Å²) < 4.78 is 10.5. The molecule has 4 N–H and O–H groups in total. The van der Waals surface area contributed by atoms with E-state index in [-0.39, 0.29) is 12.5 Å². The minimum atomic E-state index is -1.82. The Morgan fingerprint density at radius 1 is 1.28 bits per heavy atom. The van der Waals surface area contributed by atoms with Crippen molar-refractivity contribution in [2.24, 2.45) is 0 Å². The molecular formula is C16H19BN2O6. The molecule has 1 aromatic carbocycles. The van der Waals surface area contributed by atoms with Gasteiger partial charge in [0.25, 0.3) is 0 Å². The molecule has 8 nitrogen and oxygen atoms in total. The Hall–Kier alpha value is -2.36. The van der Waals surface area contributed by atoms with Crippen LogP contribution >= 0.6 is 0 Å². The molecule has 1 unspecified atom stereocenters. The normalized spacial score (nSPS) is 18.1. The molecule has 0 radical (unpaired) electrons. The third kappa shape index (κ3) is 4.19. The first-order chi connectivity index (χ1) is 12.0.